The van der Waals surface area contributed by atoms with Crippen molar-refractivity contribution in [2.24, 2.45) is 5.92 Å². The summed E-state index contributed by atoms with van der Waals surface area (Å²) in [5.41, 5.74) is 6.74. The lowest BCUT2D eigenvalue weighted by Gasteiger charge is -2.41. The number of benzene rings is 1. The first kappa shape index (κ1) is 22.4. The van der Waals surface area contributed by atoms with Crippen molar-refractivity contribution in [1.29, 1.82) is 0 Å². The lowest BCUT2D eigenvalue weighted by molar-refractivity contribution is -0.150. The van der Waals surface area contributed by atoms with E-state index in [1.807, 2.05) is 0 Å². The maximum absolute atomic E-state index is 11.6. The SMILES string of the molecule is CC(=O)OCCC(C)CCc1c(C)c(C)cc2c1CCC(OC(C)=O)C2(C)C. The zero-order valence-corrected chi connectivity index (χ0v) is 18.6. The van der Waals surface area contributed by atoms with E-state index in [1.54, 1.807) is 0 Å². The Kier molecular flexibility index (Phi) is 7.30. The highest BCUT2D eigenvalue weighted by molar-refractivity contribution is 5.66. The average molecular weight is 389 g/mol. The molecule has 0 saturated heterocycles. The standard InChI is InChI=1S/C24H36O4/c1-15(12-13-27-18(4)25)8-9-20-17(3)16(2)14-22-21(20)10-11-23(24(22,6)7)28-19(5)26/h14-15,23H,8-13H2,1-7H3. The summed E-state index contributed by atoms with van der Waals surface area (Å²) in [6.45, 7) is 14.5. The van der Waals surface area contributed by atoms with Gasteiger partial charge in [-0.25, -0.2) is 0 Å². The van der Waals surface area contributed by atoms with Crippen LogP contribution in [0.25, 0.3) is 0 Å². The van der Waals surface area contributed by atoms with Crippen LogP contribution >= 0.6 is 0 Å². The van der Waals surface area contributed by atoms with Gasteiger partial charge in [0.1, 0.15) is 6.10 Å². The van der Waals surface area contributed by atoms with Crippen LogP contribution in [0.2, 0.25) is 0 Å². The van der Waals surface area contributed by atoms with Crippen LogP contribution in [-0.4, -0.2) is 24.6 Å². The Labute approximate surface area is 170 Å². The quantitative estimate of drug-likeness (QED) is 0.618. The van der Waals surface area contributed by atoms with E-state index in [0.29, 0.717) is 12.5 Å². The molecule has 4 heteroatoms. The molecule has 0 spiro atoms. The monoisotopic (exact) mass is 388 g/mol. The van der Waals surface area contributed by atoms with E-state index in [-0.39, 0.29) is 23.5 Å². The van der Waals surface area contributed by atoms with Gasteiger partial charge in [-0.2, -0.15) is 0 Å². The summed E-state index contributed by atoms with van der Waals surface area (Å²) in [5, 5.41) is 0. The van der Waals surface area contributed by atoms with Gasteiger partial charge in [-0.15, -0.1) is 0 Å². The number of hydrogen-bond donors (Lipinski definition) is 0. The molecular formula is C24H36O4. The van der Waals surface area contributed by atoms with Gasteiger partial charge < -0.3 is 9.47 Å². The first-order valence-corrected chi connectivity index (χ1v) is 10.5. The van der Waals surface area contributed by atoms with E-state index >= 15 is 0 Å². The number of aryl methyl sites for hydroxylation is 1. The van der Waals surface area contributed by atoms with Gasteiger partial charge in [-0.1, -0.05) is 26.8 Å². The predicted octanol–water partition coefficient (Wildman–Crippen LogP) is 4.98. The predicted molar refractivity (Wildman–Crippen MR) is 112 cm³/mol. The highest BCUT2D eigenvalue weighted by atomic mass is 16.5. The molecule has 0 aromatic heterocycles. The Morgan fingerprint density at radius 2 is 1.86 bits per heavy atom. The van der Waals surface area contributed by atoms with Crippen LogP contribution in [0.4, 0.5) is 0 Å². The number of esters is 2. The first-order valence-electron chi connectivity index (χ1n) is 10.5. The topological polar surface area (TPSA) is 52.6 Å². The lowest BCUT2D eigenvalue weighted by atomic mass is 9.68. The largest absolute Gasteiger partial charge is 0.466 e. The molecule has 0 N–H and O–H groups in total. The summed E-state index contributed by atoms with van der Waals surface area (Å²) < 4.78 is 10.7. The van der Waals surface area contributed by atoms with Gasteiger partial charge in [0.2, 0.25) is 0 Å². The normalized spacial score (nSPS) is 18.9. The van der Waals surface area contributed by atoms with Crippen molar-refractivity contribution in [2.75, 3.05) is 6.61 Å². The van der Waals surface area contributed by atoms with Crippen LogP contribution in [0.1, 0.15) is 81.7 Å². The van der Waals surface area contributed by atoms with Crippen molar-refractivity contribution in [1.82, 2.24) is 0 Å². The minimum atomic E-state index is -0.208. The molecule has 1 aliphatic carbocycles. The number of ether oxygens (including phenoxy) is 2. The van der Waals surface area contributed by atoms with Gasteiger partial charge in [0.15, 0.2) is 0 Å². The molecule has 2 unspecified atom stereocenters. The number of carbonyl (C=O) groups excluding carboxylic acids is 2. The fourth-order valence-electron chi connectivity index (χ4n) is 4.39. The fourth-order valence-corrected chi connectivity index (χ4v) is 4.39. The molecule has 28 heavy (non-hydrogen) atoms. The van der Waals surface area contributed by atoms with Crippen LogP contribution in [0.5, 0.6) is 0 Å². The van der Waals surface area contributed by atoms with Crippen molar-refractivity contribution in [3.8, 4) is 0 Å². The fraction of sp³-hybridized carbons (Fsp3) is 0.667. The van der Waals surface area contributed by atoms with E-state index in [4.69, 9.17) is 9.47 Å². The first-order chi connectivity index (χ1) is 13.0. The molecule has 1 aromatic carbocycles. The van der Waals surface area contributed by atoms with Gasteiger partial charge in [-0.3, -0.25) is 9.59 Å². The van der Waals surface area contributed by atoms with Crippen molar-refractivity contribution >= 4 is 11.9 Å². The number of carbonyl (C=O) groups is 2. The second-order valence-electron chi connectivity index (χ2n) is 8.95. The number of hydrogen-bond acceptors (Lipinski definition) is 4. The molecular weight excluding hydrogens is 352 g/mol. The highest BCUT2D eigenvalue weighted by Crippen LogP contribution is 2.42. The molecule has 4 nitrogen and oxygen atoms in total. The minimum Gasteiger partial charge on any atom is -0.466 e. The van der Waals surface area contributed by atoms with Crippen LogP contribution in [0.3, 0.4) is 0 Å². The maximum Gasteiger partial charge on any atom is 0.302 e. The molecule has 1 aliphatic rings. The zero-order chi connectivity index (χ0) is 21.1. The molecule has 0 heterocycles. The maximum atomic E-state index is 11.6. The summed E-state index contributed by atoms with van der Waals surface area (Å²) in [5.74, 6) is 0.0906. The Balaban J connectivity index is 2.22. The smallest absolute Gasteiger partial charge is 0.302 e. The second-order valence-corrected chi connectivity index (χ2v) is 8.95. The van der Waals surface area contributed by atoms with Gasteiger partial charge in [0.05, 0.1) is 6.61 Å². The van der Waals surface area contributed by atoms with Crippen molar-refractivity contribution < 1.29 is 19.1 Å². The summed E-state index contributed by atoms with van der Waals surface area (Å²) in [6, 6.07) is 2.30. The van der Waals surface area contributed by atoms with Crippen molar-refractivity contribution in [2.45, 2.75) is 92.1 Å². The Morgan fingerprint density at radius 1 is 1.18 bits per heavy atom. The van der Waals surface area contributed by atoms with E-state index in [2.05, 4.69) is 40.7 Å². The Bertz CT molecular complexity index is 733. The third-order valence-electron chi connectivity index (χ3n) is 6.36. The molecule has 0 radical (unpaired) electrons. The van der Waals surface area contributed by atoms with E-state index in [0.717, 1.165) is 32.1 Å². The molecule has 156 valence electrons. The van der Waals surface area contributed by atoms with Gasteiger partial charge in [0, 0.05) is 19.3 Å². The van der Waals surface area contributed by atoms with Crippen LogP contribution < -0.4 is 0 Å². The van der Waals surface area contributed by atoms with Crippen LogP contribution in [0, 0.1) is 19.8 Å². The third-order valence-corrected chi connectivity index (χ3v) is 6.36. The molecule has 2 rings (SSSR count). The van der Waals surface area contributed by atoms with Crippen LogP contribution in [-0.2, 0) is 37.3 Å². The molecule has 0 fully saturated rings. The highest BCUT2D eigenvalue weighted by Gasteiger charge is 2.40. The van der Waals surface area contributed by atoms with E-state index in [1.165, 1.54) is 41.7 Å². The summed E-state index contributed by atoms with van der Waals surface area (Å²) in [7, 11) is 0. The average Bonchev–Trinajstić information content (AvgIpc) is 2.58. The van der Waals surface area contributed by atoms with Crippen molar-refractivity contribution in [3.05, 3.63) is 33.9 Å². The lowest BCUT2D eigenvalue weighted by Crippen LogP contribution is -2.42. The van der Waals surface area contributed by atoms with E-state index < -0.39 is 0 Å². The number of fused-ring (bicyclic) bond motifs is 1. The Morgan fingerprint density at radius 3 is 2.46 bits per heavy atom. The van der Waals surface area contributed by atoms with Gasteiger partial charge in [0.25, 0.3) is 0 Å². The molecule has 0 bridgehead atoms. The summed E-state index contributed by atoms with van der Waals surface area (Å²) in [4.78, 5) is 22.5. The molecule has 0 saturated carbocycles. The minimum absolute atomic E-state index is 0.0740. The summed E-state index contributed by atoms with van der Waals surface area (Å²) >= 11 is 0. The molecule has 0 amide bonds. The molecule has 1 aromatic rings. The zero-order valence-electron chi connectivity index (χ0n) is 18.6. The third kappa shape index (κ3) is 5.15. The second kappa shape index (κ2) is 9.11. The Hall–Kier alpha value is -1.84. The number of rotatable bonds is 7. The molecule has 0 aliphatic heterocycles. The van der Waals surface area contributed by atoms with Crippen molar-refractivity contribution in [3.63, 3.8) is 0 Å². The van der Waals surface area contributed by atoms with Gasteiger partial charge >= 0.3 is 11.9 Å². The van der Waals surface area contributed by atoms with Crippen LogP contribution in [0.15, 0.2) is 6.07 Å². The van der Waals surface area contributed by atoms with Gasteiger partial charge in [-0.05, 0) is 79.7 Å². The molecule has 2 atom stereocenters. The van der Waals surface area contributed by atoms with E-state index in [9.17, 15) is 9.59 Å². The summed E-state index contributed by atoms with van der Waals surface area (Å²) in [6.07, 6.45) is 4.76.